The minimum atomic E-state index is -3.74. The third-order valence-corrected chi connectivity index (χ3v) is 4.30. The maximum absolute atomic E-state index is 12.0. The molecule has 0 atom stereocenters. The summed E-state index contributed by atoms with van der Waals surface area (Å²) in [5.41, 5.74) is 2.18. The van der Waals surface area contributed by atoms with Gasteiger partial charge in [0, 0.05) is 5.56 Å². The normalized spacial score (nSPS) is 11.3. The van der Waals surface area contributed by atoms with Gasteiger partial charge in [-0.15, -0.1) is 0 Å². The zero-order valence-corrected chi connectivity index (χ0v) is 12.7. The molecule has 0 radical (unpaired) electrons. The first-order valence-corrected chi connectivity index (χ1v) is 8.28. The molecule has 0 bridgehead atoms. The number of nitrogens with one attached hydrogen (secondary N) is 1. The van der Waals surface area contributed by atoms with Gasteiger partial charge in [0.25, 0.3) is 5.56 Å². The summed E-state index contributed by atoms with van der Waals surface area (Å²) < 4.78 is 22.6. The highest BCUT2D eigenvalue weighted by molar-refractivity contribution is 7.89. The van der Waals surface area contributed by atoms with Crippen LogP contribution in [0.25, 0.3) is 22.4 Å². The van der Waals surface area contributed by atoms with E-state index in [0.29, 0.717) is 16.8 Å². The van der Waals surface area contributed by atoms with E-state index < -0.39 is 10.0 Å². The molecule has 3 aromatic rings. The summed E-state index contributed by atoms with van der Waals surface area (Å²) in [6.45, 7) is 0. The molecule has 0 aliphatic carbocycles. The lowest BCUT2D eigenvalue weighted by atomic mass is 10.1. The molecule has 1 heterocycles. The van der Waals surface area contributed by atoms with E-state index >= 15 is 0 Å². The Kier molecular flexibility index (Phi) is 3.81. The lowest BCUT2D eigenvalue weighted by Crippen LogP contribution is -2.12. The van der Waals surface area contributed by atoms with Gasteiger partial charge >= 0.3 is 0 Å². The van der Waals surface area contributed by atoms with Gasteiger partial charge in [0.15, 0.2) is 0 Å². The molecule has 116 valence electrons. The number of H-pyrrole nitrogens is 1. The van der Waals surface area contributed by atoms with Gasteiger partial charge in [-0.05, 0) is 23.8 Å². The summed E-state index contributed by atoms with van der Waals surface area (Å²) in [7, 11) is -3.74. The molecule has 3 N–H and O–H groups in total. The Bertz CT molecular complexity index is 995. The van der Waals surface area contributed by atoms with Crippen molar-refractivity contribution in [2.75, 3.05) is 0 Å². The number of rotatable bonds is 3. The molecule has 23 heavy (non-hydrogen) atoms. The predicted molar refractivity (Wildman–Crippen MR) is 87.1 cm³/mol. The largest absolute Gasteiger partial charge is 0.272 e. The smallest absolute Gasteiger partial charge is 0.267 e. The first kappa shape index (κ1) is 15.1. The van der Waals surface area contributed by atoms with Crippen molar-refractivity contribution in [2.45, 2.75) is 4.90 Å². The Morgan fingerprint density at radius 1 is 0.913 bits per heavy atom. The first-order valence-electron chi connectivity index (χ1n) is 6.73. The van der Waals surface area contributed by atoms with Crippen molar-refractivity contribution in [3.63, 3.8) is 0 Å². The maximum atomic E-state index is 12.0. The zero-order chi connectivity index (χ0) is 16.4. The summed E-state index contributed by atoms with van der Waals surface area (Å²) >= 11 is 0. The fourth-order valence-corrected chi connectivity index (χ4v) is 2.72. The SMILES string of the molecule is NS(=O)(=O)c1ccc(-c2cc(-c3ccccc3)c(=O)[nH]n2)cc1. The van der Waals surface area contributed by atoms with Crippen LogP contribution < -0.4 is 10.7 Å². The van der Waals surface area contributed by atoms with Gasteiger partial charge in [-0.25, -0.2) is 18.7 Å². The Morgan fingerprint density at radius 2 is 1.57 bits per heavy atom. The van der Waals surface area contributed by atoms with Crippen molar-refractivity contribution in [1.82, 2.24) is 10.2 Å². The van der Waals surface area contributed by atoms with Crippen molar-refractivity contribution in [3.05, 3.63) is 71.0 Å². The van der Waals surface area contributed by atoms with E-state index in [4.69, 9.17) is 5.14 Å². The molecular formula is C16H13N3O3S. The Morgan fingerprint density at radius 3 is 2.17 bits per heavy atom. The van der Waals surface area contributed by atoms with Crippen LogP contribution in [-0.2, 0) is 10.0 Å². The van der Waals surface area contributed by atoms with Crippen molar-refractivity contribution in [3.8, 4) is 22.4 Å². The van der Waals surface area contributed by atoms with Crippen molar-refractivity contribution >= 4 is 10.0 Å². The van der Waals surface area contributed by atoms with E-state index in [-0.39, 0.29) is 10.5 Å². The molecule has 0 aliphatic rings. The Hall–Kier alpha value is -2.77. The van der Waals surface area contributed by atoms with Gasteiger partial charge in [0.1, 0.15) is 0 Å². The van der Waals surface area contributed by atoms with Crippen molar-refractivity contribution < 1.29 is 8.42 Å². The summed E-state index contributed by atoms with van der Waals surface area (Å²) in [6.07, 6.45) is 0. The van der Waals surface area contributed by atoms with Crippen LogP contribution in [0.4, 0.5) is 0 Å². The van der Waals surface area contributed by atoms with Crippen molar-refractivity contribution in [1.29, 1.82) is 0 Å². The lowest BCUT2D eigenvalue weighted by molar-refractivity contribution is 0.598. The molecule has 6 nitrogen and oxygen atoms in total. The summed E-state index contributed by atoms with van der Waals surface area (Å²) in [5.74, 6) is 0. The summed E-state index contributed by atoms with van der Waals surface area (Å²) in [6, 6.07) is 16.9. The standard InChI is InChI=1S/C16H13N3O3S/c17-23(21,22)13-8-6-12(7-9-13)15-10-14(16(20)19-18-15)11-4-2-1-3-5-11/h1-10H,(H,19,20)(H2,17,21,22). The second-order valence-corrected chi connectivity index (χ2v) is 6.49. The van der Waals surface area contributed by atoms with Crippen LogP contribution in [0, 0.1) is 0 Å². The molecule has 3 rings (SSSR count). The highest BCUT2D eigenvalue weighted by Crippen LogP contribution is 2.22. The van der Waals surface area contributed by atoms with Gasteiger partial charge < -0.3 is 0 Å². The molecule has 7 heteroatoms. The minimum Gasteiger partial charge on any atom is -0.267 e. The number of benzene rings is 2. The molecule has 2 aromatic carbocycles. The van der Waals surface area contributed by atoms with Crippen LogP contribution in [-0.4, -0.2) is 18.6 Å². The van der Waals surface area contributed by atoms with E-state index in [1.54, 1.807) is 18.2 Å². The van der Waals surface area contributed by atoms with E-state index in [1.165, 1.54) is 12.1 Å². The Balaban J connectivity index is 2.06. The maximum Gasteiger partial charge on any atom is 0.272 e. The van der Waals surface area contributed by atoms with Gasteiger partial charge in [-0.1, -0.05) is 42.5 Å². The van der Waals surface area contributed by atoms with E-state index in [0.717, 1.165) is 5.56 Å². The fraction of sp³-hybridized carbons (Fsp3) is 0. The molecular weight excluding hydrogens is 314 g/mol. The third kappa shape index (κ3) is 3.20. The van der Waals surface area contributed by atoms with Crippen molar-refractivity contribution in [2.24, 2.45) is 5.14 Å². The average Bonchev–Trinajstić information content (AvgIpc) is 2.55. The fourth-order valence-electron chi connectivity index (χ4n) is 2.20. The molecule has 0 aliphatic heterocycles. The minimum absolute atomic E-state index is 0.0222. The van der Waals surface area contributed by atoms with Crippen LogP contribution >= 0.6 is 0 Å². The number of hydrogen-bond acceptors (Lipinski definition) is 4. The average molecular weight is 327 g/mol. The number of nitrogens with zero attached hydrogens (tertiary/aromatic N) is 1. The number of aromatic amines is 1. The molecule has 0 spiro atoms. The quantitative estimate of drug-likeness (QED) is 0.764. The number of hydrogen-bond donors (Lipinski definition) is 2. The second kappa shape index (κ2) is 5.79. The van der Waals surface area contributed by atoms with Crippen LogP contribution in [0.1, 0.15) is 0 Å². The van der Waals surface area contributed by atoms with E-state index in [9.17, 15) is 13.2 Å². The van der Waals surface area contributed by atoms with E-state index in [2.05, 4.69) is 10.2 Å². The predicted octanol–water partition coefficient (Wildman–Crippen LogP) is 1.75. The summed E-state index contributed by atoms with van der Waals surface area (Å²) in [5, 5.41) is 11.5. The molecule has 1 aromatic heterocycles. The molecule has 0 saturated carbocycles. The van der Waals surface area contributed by atoms with Gasteiger partial charge in [0.05, 0.1) is 16.2 Å². The lowest BCUT2D eigenvalue weighted by Gasteiger charge is -2.05. The Labute approximate surface area is 132 Å². The van der Waals surface area contributed by atoms with Gasteiger partial charge in [-0.2, -0.15) is 5.10 Å². The third-order valence-electron chi connectivity index (χ3n) is 3.37. The summed E-state index contributed by atoms with van der Waals surface area (Å²) in [4.78, 5) is 12.0. The molecule has 0 unspecified atom stereocenters. The van der Waals surface area contributed by atoms with Crippen LogP contribution in [0.3, 0.4) is 0 Å². The van der Waals surface area contributed by atoms with Crippen LogP contribution in [0.5, 0.6) is 0 Å². The van der Waals surface area contributed by atoms with E-state index in [1.807, 2.05) is 30.3 Å². The number of primary sulfonamides is 1. The zero-order valence-electron chi connectivity index (χ0n) is 11.9. The number of nitrogens with two attached hydrogens (primary N) is 1. The highest BCUT2D eigenvalue weighted by atomic mass is 32.2. The number of aromatic nitrogens is 2. The molecule has 0 amide bonds. The van der Waals surface area contributed by atoms with Crippen LogP contribution in [0.2, 0.25) is 0 Å². The second-order valence-electron chi connectivity index (χ2n) is 4.93. The monoisotopic (exact) mass is 327 g/mol. The first-order chi connectivity index (χ1) is 10.9. The van der Waals surface area contributed by atoms with Crippen LogP contribution in [0.15, 0.2) is 70.4 Å². The molecule has 0 fully saturated rings. The van der Waals surface area contributed by atoms with Gasteiger partial charge in [0.2, 0.25) is 10.0 Å². The number of sulfonamides is 1. The van der Waals surface area contributed by atoms with Gasteiger partial charge in [-0.3, -0.25) is 4.79 Å². The highest BCUT2D eigenvalue weighted by Gasteiger charge is 2.10. The topological polar surface area (TPSA) is 106 Å². The molecule has 0 saturated heterocycles.